The summed E-state index contributed by atoms with van der Waals surface area (Å²) in [6.07, 6.45) is 10.1. The molecule has 3 aliphatic rings. The van der Waals surface area contributed by atoms with Gasteiger partial charge in [-0.05, 0) is 80.0 Å². The largest absolute Gasteiger partial charge is 0.381 e. The quantitative estimate of drug-likeness (QED) is 0.523. The predicted molar refractivity (Wildman–Crippen MR) is 130 cm³/mol. The van der Waals surface area contributed by atoms with Crippen LogP contribution in [0.3, 0.4) is 0 Å². The van der Waals surface area contributed by atoms with Crippen molar-refractivity contribution in [2.75, 3.05) is 13.2 Å². The number of hydrogen-bond acceptors (Lipinski definition) is 3. The van der Waals surface area contributed by atoms with E-state index >= 15 is 0 Å². The molecule has 2 aromatic carbocycles. The van der Waals surface area contributed by atoms with Gasteiger partial charge in [-0.1, -0.05) is 30.3 Å². The first-order valence-corrected chi connectivity index (χ1v) is 12.6. The molecular formula is C29H31FN2O2. The second kappa shape index (κ2) is 8.77. The summed E-state index contributed by atoms with van der Waals surface area (Å²) in [5.74, 6) is 0.421. The van der Waals surface area contributed by atoms with Crippen LogP contribution >= 0.6 is 0 Å². The molecule has 0 saturated carbocycles. The molecule has 6 rings (SSSR count). The van der Waals surface area contributed by atoms with Gasteiger partial charge in [0.2, 0.25) is 5.91 Å². The molecule has 0 radical (unpaired) electrons. The van der Waals surface area contributed by atoms with Gasteiger partial charge in [0.15, 0.2) is 0 Å². The van der Waals surface area contributed by atoms with Crippen molar-refractivity contribution in [3.8, 4) is 0 Å². The number of piperidine rings is 1. The minimum absolute atomic E-state index is 0.128. The number of pyridine rings is 1. The molecule has 4 heterocycles. The minimum atomic E-state index is -0.803. The van der Waals surface area contributed by atoms with Gasteiger partial charge in [-0.3, -0.25) is 9.78 Å². The Balaban J connectivity index is 1.23. The lowest BCUT2D eigenvalue weighted by atomic mass is 9.71. The number of nitrogens with zero attached hydrogens (tertiary/aromatic N) is 2. The van der Waals surface area contributed by atoms with Crippen molar-refractivity contribution >= 4 is 16.7 Å². The molecule has 3 aliphatic heterocycles. The molecule has 0 aliphatic carbocycles. The summed E-state index contributed by atoms with van der Waals surface area (Å²) in [5.41, 5.74) is 1.09. The molecule has 0 spiro atoms. The van der Waals surface area contributed by atoms with Crippen LogP contribution in [-0.4, -0.2) is 41.1 Å². The number of halogens is 1. The molecule has 3 saturated heterocycles. The summed E-state index contributed by atoms with van der Waals surface area (Å²) in [6.45, 7) is 1.01. The van der Waals surface area contributed by atoms with Crippen LogP contribution < -0.4 is 0 Å². The van der Waals surface area contributed by atoms with E-state index in [-0.39, 0.29) is 23.8 Å². The number of benzene rings is 2. The highest BCUT2D eigenvalue weighted by Gasteiger charge is 2.52. The van der Waals surface area contributed by atoms with Crippen LogP contribution in [0.15, 0.2) is 60.9 Å². The fourth-order valence-corrected chi connectivity index (χ4v) is 6.80. The molecule has 1 aromatic heterocycles. The number of ether oxygens (including phenoxy) is 1. The summed E-state index contributed by atoms with van der Waals surface area (Å²) in [4.78, 5) is 20.6. The zero-order valence-corrected chi connectivity index (χ0v) is 19.5. The highest BCUT2D eigenvalue weighted by atomic mass is 19.1. The molecule has 5 heteroatoms. The number of carbonyl (C=O) groups is 1. The molecule has 0 N–H and O–H groups in total. The number of carbonyl (C=O) groups excluding carboxylic acids is 1. The summed E-state index contributed by atoms with van der Waals surface area (Å²) < 4.78 is 20.6. The maximum absolute atomic E-state index is 15.0. The Kier molecular flexibility index (Phi) is 5.60. The third kappa shape index (κ3) is 3.70. The molecule has 2 atom stereocenters. The van der Waals surface area contributed by atoms with Crippen LogP contribution in [0, 0.1) is 11.7 Å². The van der Waals surface area contributed by atoms with Gasteiger partial charge in [0.05, 0.1) is 5.41 Å². The first-order chi connectivity index (χ1) is 16.6. The molecule has 0 unspecified atom stereocenters. The summed E-state index contributed by atoms with van der Waals surface area (Å²) >= 11 is 0. The average Bonchev–Trinajstić information content (AvgIpc) is 3.14. The lowest BCUT2D eigenvalue weighted by Gasteiger charge is -2.46. The first-order valence-electron chi connectivity index (χ1n) is 12.6. The SMILES string of the molecule is O=C(N1[C@H]2CC[C@H]1CC(Cc1ccc3ccncc3c1)C2)C1(c2ccccc2F)CCOCC1. The molecule has 3 fully saturated rings. The van der Waals surface area contributed by atoms with Gasteiger partial charge in [-0.25, -0.2) is 4.39 Å². The van der Waals surface area contributed by atoms with Gasteiger partial charge in [-0.2, -0.15) is 0 Å². The maximum atomic E-state index is 15.0. The monoisotopic (exact) mass is 458 g/mol. The third-order valence-electron chi connectivity index (χ3n) is 8.44. The maximum Gasteiger partial charge on any atom is 0.234 e. The van der Waals surface area contributed by atoms with Crippen LogP contribution in [0.5, 0.6) is 0 Å². The third-order valence-corrected chi connectivity index (χ3v) is 8.44. The average molecular weight is 459 g/mol. The summed E-state index contributed by atoms with van der Waals surface area (Å²) in [6, 6.07) is 16.1. The van der Waals surface area contributed by atoms with Crippen molar-refractivity contribution in [2.45, 2.75) is 62.4 Å². The van der Waals surface area contributed by atoms with Gasteiger partial charge >= 0.3 is 0 Å². The minimum Gasteiger partial charge on any atom is -0.381 e. The molecule has 2 bridgehead atoms. The molecule has 4 nitrogen and oxygen atoms in total. The molecule has 3 aromatic rings. The van der Waals surface area contributed by atoms with E-state index in [1.54, 1.807) is 6.07 Å². The standard InChI is InChI=1S/C29H31FN2O2/c30-27-4-2-1-3-26(27)29(10-13-34-14-11-29)28(33)32-24-7-8-25(32)18-21(17-24)15-20-5-6-22-9-12-31-19-23(22)16-20/h1-6,9,12,16,19,21,24-25H,7-8,10-11,13-15,17-18H2/t24-,25-/m0/s1. The number of fused-ring (bicyclic) bond motifs is 3. The van der Waals surface area contributed by atoms with E-state index in [0.29, 0.717) is 37.5 Å². The topological polar surface area (TPSA) is 42.4 Å². The normalized spacial score (nSPS) is 26.0. The van der Waals surface area contributed by atoms with Crippen LogP contribution in [0.1, 0.15) is 49.7 Å². The van der Waals surface area contributed by atoms with Crippen LogP contribution in [0.2, 0.25) is 0 Å². The second-order valence-corrected chi connectivity index (χ2v) is 10.4. The van der Waals surface area contributed by atoms with E-state index in [0.717, 1.165) is 32.1 Å². The fraction of sp³-hybridized carbons (Fsp3) is 0.448. The van der Waals surface area contributed by atoms with Crippen LogP contribution in [0.25, 0.3) is 10.8 Å². The number of hydrogen-bond donors (Lipinski definition) is 0. The number of amides is 1. The van der Waals surface area contributed by atoms with Gasteiger partial charge in [0.1, 0.15) is 5.82 Å². The van der Waals surface area contributed by atoms with Gasteiger partial charge in [-0.15, -0.1) is 0 Å². The Labute approximate surface area is 200 Å². The van der Waals surface area contributed by atoms with E-state index in [9.17, 15) is 9.18 Å². The van der Waals surface area contributed by atoms with Crippen molar-refractivity contribution in [3.63, 3.8) is 0 Å². The molecule has 34 heavy (non-hydrogen) atoms. The van der Waals surface area contributed by atoms with E-state index in [2.05, 4.69) is 28.1 Å². The van der Waals surface area contributed by atoms with E-state index < -0.39 is 5.41 Å². The van der Waals surface area contributed by atoms with Crippen molar-refractivity contribution < 1.29 is 13.9 Å². The van der Waals surface area contributed by atoms with Crippen molar-refractivity contribution in [2.24, 2.45) is 5.92 Å². The van der Waals surface area contributed by atoms with Crippen molar-refractivity contribution in [1.82, 2.24) is 9.88 Å². The molecular weight excluding hydrogens is 427 g/mol. The van der Waals surface area contributed by atoms with Crippen LogP contribution in [0.4, 0.5) is 4.39 Å². The zero-order chi connectivity index (χ0) is 23.1. The predicted octanol–water partition coefficient (Wildman–Crippen LogP) is 5.43. The summed E-state index contributed by atoms with van der Waals surface area (Å²) in [7, 11) is 0. The Hall–Kier alpha value is -2.79. The lowest BCUT2D eigenvalue weighted by molar-refractivity contribution is -0.147. The fourth-order valence-electron chi connectivity index (χ4n) is 6.80. The lowest BCUT2D eigenvalue weighted by Crippen LogP contribution is -2.56. The van der Waals surface area contributed by atoms with E-state index in [1.165, 1.54) is 22.4 Å². The second-order valence-electron chi connectivity index (χ2n) is 10.4. The molecule has 1 amide bonds. The number of aromatic nitrogens is 1. The van der Waals surface area contributed by atoms with E-state index in [1.807, 2.05) is 30.6 Å². The Morgan fingerprint density at radius 2 is 1.79 bits per heavy atom. The van der Waals surface area contributed by atoms with Crippen LogP contribution in [-0.2, 0) is 21.4 Å². The highest BCUT2D eigenvalue weighted by molar-refractivity contribution is 5.89. The van der Waals surface area contributed by atoms with Crippen molar-refractivity contribution in [3.05, 3.63) is 77.9 Å². The Morgan fingerprint density at radius 1 is 1.03 bits per heavy atom. The van der Waals surface area contributed by atoms with E-state index in [4.69, 9.17) is 4.74 Å². The van der Waals surface area contributed by atoms with Gasteiger partial charge in [0.25, 0.3) is 0 Å². The Morgan fingerprint density at radius 3 is 2.56 bits per heavy atom. The van der Waals surface area contributed by atoms with Gasteiger partial charge < -0.3 is 9.64 Å². The summed E-state index contributed by atoms with van der Waals surface area (Å²) in [5, 5.41) is 2.40. The number of rotatable bonds is 4. The van der Waals surface area contributed by atoms with Gasteiger partial charge in [0, 0.05) is 48.6 Å². The molecule has 176 valence electrons. The highest BCUT2D eigenvalue weighted by Crippen LogP contribution is 2.45. The van der Waals surface area contributed by atoms with Crippen molar-refractivity contribution in [1.29, 1.82) is 0 Å². The first kappa shape index (κ1) is 21.7. The zero-order valence-electron chi connectivity index (χ0n) is 19.5. The Bertz CT molecular complexity index is 1190. The smallest absolute Gasteiger partial charge is 0.234 e.